The molecule has 0 atom stereocenters. The number of nitrogens with zero attached hydrogens (tertiary/aromatic N) is 1. The number of aryl methyl sites for hydroxylation is 1. The van der Waals surface area contributed by atoms with Crippen LogP contribution < -0.4 is 5.32 Å². The highest BCUT2D eigenvalue weighted by Crippen LogP contribution is 2.16. The van der Waals surface area contributed by atoms with Crippen LogP contribution in [0.4, 0.5) is 0 Å². The molecule has 19 heavy (non-hydrogen) atoms. The van der Waals surface area contributed by atoms with Crippen molar-refractivity contribution in [1.82, 2.24) is 15.5 Å². The molecule has 2 aromatic heterocycles. The Kier molecular flexibility index (Phi) is 2.79. The van der Waals surface area contributed by atoms with Crippen LogP contribution in [0.25, 0.3) is 10.9 Å². The van der Waals surface area contributed by atoms with E-state index in [0.717, 1.165) is 22.2 Å². The molecule has 1 amide bonds. The maximum atomic E-state index is 11.7. The zero-order valence-corrected chi connectivity index (χ0v) is 10.4. The summed E-state index contributed by atoms with van der Waals surface area (Å²) in [6.45, 7) is 2.48. The van der Waals surface area contributed by atoms with Crippen LogP contribution in [-0.2, 0) is 6.54 Å². The molecule has 0 aliphatic heterocycles. The zero-order valence-electron chi connectivity index (χ0n) is 10.4. The van der Waals surface area contributed by atoms with E-state index in [1.54, 1.807) is 0 Å². The van der Waals surface area contributed by atoms with Crippen LogP contribution in [-0.4, -0.2) is 16.0 Å². The highest BCUT2D eigenvalue weighted by atomic mass is 16.5. The van der Waals surface area contributed by atoms with Crippen molar-refractivity contribution >= 4 is 16.8 Å². The first kappa shape index (κ1) is 11.5. The summed E-state index contributed by atoms with van der Waals surface area (Å²) in [7, 11) is 0. The van der Waals surface area contributed by atoms with Gasteiger partial charge in [-0.05, 0) is 36.1 Å². The third-order valence-electron chi connectivity index (χ3n) is 2.93. The topological polar surface area (TPSA) is 70.9 Å². The first-order valence-corrected chi connectivity index (χ1v) is 5.99. The van der Waals surface area contributed by atoms with Crippen molar-refractivity contribution in [2.45, 2.75) is 13.5 Å². The van der Waals surface area contributed by atoms with E-state index in [1.165, 1.54) is 12.3 Å². The fourth-order valence-electron chi connectivity index (χ4n) is 2.04. The number of hydrogen-bond acceptors (Lipinski definition) is 3. The molecular formula is C14H13N3O2. The number of aromatic nitrogens is 2. The van der Waals surface area contributed by atoms with E-state index in [1.807, 2.05) is 19.1 Å². The van der Waals surface area contributed by atoms with E-state index < -0.39 is 0 Å². The number of amides is 1. The molecule has 0 saturated carbocycles. The number of carbonyl (C=O) groups excluding carboxylic acids is 1. The molecule has 3 rings (SSSR count). The summed E-state index contributed by atoms with van der Waals surface area (Å²) in [6, 6.07) is 9.67. The smallest absolute Gasteiger partial charge is 0.290 e. The molecule has 0 spiro atoms. The molecule has 96 valence electrons. The number of rotatable bonds is 3. The number of H-pyrrole nitrogens is 1. The van der Waals surface area contributed by atoms with Gasteiger partial charge >= 0.3 is 0 Å². The van der Waals surface area contributed by atoms with Crippen molar-refractivity contribution in [2.75, 3.05) is 0 Å². The van der Waals surface area contributed by atoms with Gasteiger partial charge in [0.05, 0.1) is 6.20 Å². The van der Waals surface area contributed by atoms with Gasteiger partial charge in [0.2, 0.25) is 5.76 Å². The highest BCUT2D eigenvalue weighted by Gasteiger charge is 2.09. The van der Waals surface area contributed by atoms with Crippen molar-refractivity contribution in [3.63, 3.8) is 0 Å². The molecule has 0 aliphatic carbocycles. The summed E-state index contributed by atoms with van der Waals surface area (Å²) in [5, 5.41) is 7.43. The summed E-state index contributed by atoms with van der Waals surface area (Å²) in [5.74, 6) is -0.0404. The maximum Gasteiger partial charge on any atom is 0.290 e. The minimum atomic E-state index is -0.261. The van der Waals surface area contributed by atoms with Crippen molar-refractivity contribution in [1.29, 1.82) is 0 Å². The number of aromatic amines is 1. The Morgan fingerprint density at radius 1 is 1.37 bits per heavy atom. The number of nitrogens with one attached hydrogen (secondary N) is 2. The molecule has 5 nitrogen and oxygen atoms in total. The molecule has 0 aliphatic rings. The normalized spacial score (nSPS) is 10.8. The Morgan fingerprint density at radius 3 is 3.05 bits per heavy atom. The predicted octanol–water partition coefficient (Wildman–Crippen LogP) is 2.39. The van der Waals surface area contributed by atoms with Crippen molar-refractivity contribution in [3.05, 3.63) is 53.5 Å². The second kappa shape index (κ2) is 4.61. The Hall–Kier alpha value is -2.56. The van der Waals surface area contributed by atoms with E-state index in [-0.39, 0.29) is 11.7 Å². The van der Waals surface area contributed by atoms with Gasteiger partial charge in [-0.15, -0.1) is 0 Å². The van der Waals surface area contributed by atoms with Gasteiger partial charge in [-0.1, -0.05) is 11.2 Å². The Bertz CT molecular complexity index is 713. The van der Waals surface area contributed by atoms with Crippen LogP contribution in [0.15, 0.2) is 41.1 Å². The van der Waals surface area contributed by atoms with Gasteiger partial charge in [-0.3, -0.25) is 4.79 Å². The molecule has 1 aromatic carbocycles. The van der Waals surface area contributed by atoms with E-state index in [9.17, 15) is 4.79 Å². The van der Waals surface area contributed by atoms with Crippen molar-refractivity contribution < 1.29 is 9.32 Å². The average molecular weight is 255 g/mol. The van der Waals surface area contributed by atoms with E-state index in [2.05, 4.69) is 27.6 Å². The SMILES string of the molecule is Cc1cc2cc(CNC(=O)c3ccno3)ccc2[nH]1. The predicted molar refractivity (Wildman–Crippen MR) is 70.7 cm³/mol. The van der Waals surface area contributed by atoms with Crippen LogP contribution in [0, 0.1) is 6.92 Å². The van der Waals surface area contributed by atoms with Crippen molar-refractivity contribution in [3.8, 4) is 0 Å². The lowest BCUT2D eigenvalue weighted by Gasteiger charge is -2.03. The van der Waals surface area contributed by atoms with Crippen LogP contribution in [0.1, 0.15) is 21.8 Å². The van der Waals surface area contributed by atoms with E-state index in [0.29, 0.717) is 6.54 Å². The summed E-state index contributed by atoms with van der Waals surface area (Å²) in [5.41, 5.74) is 3.26. The maximum absolute atomic E-state index is 11.7. The summed E-state index contributed by atoms with van der Waals surface area (Å²) >= 11 is 0. The Labute approximate surface area is 109 Å². The third kappa shape index (κ3) is 2.35. The first-order chi connectivity index (χ1) is 9.22. The molecular weight excluding hydrogens is 242 g/mol. The fraction of sp³-hybridized carbons (Fsp3) is 0.143. The molecule has 5 heteroatoms. The molecule has 2 heterocycles. The van der Waals surface area contributed by atoms with Gasteiger partial charge in [0.25, 0.3) is 5.91 Å². The number of hydrogen-bond donors (Lipinski definition) is 2. The van der Waals surface area contributed by atoms with Crippen molar-refractivity contribution in [2.24, 2.45) is 0 Å². The van der Waals surface area contributed by atoms with Crippen LogP contribution in [0.2, 0.25) is 0 Å². The van der Waals surface area contributed by atoms with E-state index >= 15 is 0 Å². The lowest BCUT2D eigenvalue weighted by Crippen LogP contribution is -2.22. The lowest BCUT2D eigenvalue weighted by molar-refractivity contribution is 0.0914. The molecule has 3 aromatic rings. The van der Waals surface area contributed by atoms with Gasteiger partial charge in [0, 0.05) is 23.8 Å². The van der Waals surface area contributed by atoms with Gasteiger partial charge in [0.1, 0.15) is 0 Å². The summed E-state index contributed by atoms with van der Waals surface area (Å²) in [4.78, 5) is 15.0. The monoisotopic (exact) mass is 255 g/mol. The van der Waals surface area contributed by atoms with Crippen LogP contribution in [0.5, 0.6) is 0 Å². The molecule has 0 fully saturated rings. The van der Waals surface area contributed by atoms with Gasteiger partial charge in [0.15, 0.2) is 0 Å². The standard InChI is InChI=1S/C14H13N3O2/c1-9-6-11-7-10(2-3-12(11)17-9)8-15-14(18)13-4-5-16-19-13/h2-7,17H,8H2,1H3,(H,15,18). The Morgan fingerprint density at radius 2 is 2.26 bits per heavy atom. The van der Waals surface area contributed by atoms with E-state index in [4.69, 9.17) is 4.52 Å². The van der Waals surface area contributed by atoms with Gasteiger partial charge < -0.3 is 14.8 Å². The zero-order chi connectivity index (χ0) is 13.2. The fourth-order valence-corrected chi connectivity index (χ4v) is 2.04. The molecule has 0 radical (unpaired) electrons. The Balaban J connectivity index is 1.73. The minimum Gasteiger partial charge on any atom is -0.359 e. The molecule has 0 bridgehead atoms. The lowest BCUT2D eigenvalue weighted by atomic mass is 10.1. The molecule has 2 N–H and O–H groups in total. The second-order valence-corrected chi connectivity index (χ2v) is 4.43. The van der Waals surface area contributed by atoms with Gasteiger partial charge in [-0.25, -0.2) is 0 Å². The van der Waals surface area contributed by atoms with Crippen LogP contribution >= 0.6 is 0 Å². The number of benzene rings is 1. The van der Waals surface area contributed by atoms with Gasteiger partial charge in [-0.2, -0.15) is 0 Å². The quantitative estimate of drug-likeness (QED) is 0.755. The largest absolute Gasteiger partial charge is 0.359 e. The average Bonchev–Trinajstić information content (AvgIpc) is 3.03. The summed E-state index contributed by atoms with van der Waals surface area (Å²) < 4.78 is 4.79. The summed E-state index contributed by atoms with van der Waals surface area (Å²) in [6.07, 6.45) is 1.45. The molecule has 0 unspecified atom stereocenters. The second-order valence-electron chi connectivity index (χ2n) is 4.43. The first-order valence-electron chi connectivity index (χ1n) is 5.99. The van der Waals surface area contributed by atoms with Crippen LogP contribution in [0.3, 0.4) is 0 Å². The molecule has 0 saturated heterocycles. The highest BCUT2D eigenvalue weighted by molar-refractivity contribution is 5.91. The number of fused-ring (bicyclic) bond motifs is 1. The number of carbonyl (C=O) groups is 1. The third-order valence-corrected chi connectivity index (χ3v) is 2.93. The minimum absolute atomic E-state index is 0.221.